The maximum atomic E-state index is 11.9. The minimum atomic E-state index is -0.833. The van der Waals surface area contributed by atoms with E-state index in [0.717, 1.165) is 13.3 Å². The van der Waals surface area contributed by atoms with Crippen LogP contribution in [0.3, 0.4) is 0 Å². The number of piperidine rings is 1. The first-order valence-electron chi connectivity index (χ1n) is 6.88. The second kappa shape index (κ2) is 7.47. The summed E-state index contributed by atoms with van der Waals surface area (Å²) >= 11 is 0. The number of carboxylic acids is 1. The molecule has 0 bridgehead atoms. The van der Waals surface area contributed by atoms with E-state index in [9.17, 15) is 4.79 Å². The van der Waals surface area contributed by atoms with Crippen LogP contribution in [0.1, 0.15) is 48.0 Å². The van der Waals surface area contributed by atoms with Crippen molar-refractivity contribution in [3.63, 3.8) is 0 Å². The highest BCUT2D eigenvalue weighted by Gasteiger charge is 2.33. The van der Waals surface area contributed by atoms with Crippen molar-refractivity contribution in [1.82, 2.24) is 4.90 Å². The molecule has 3 N–H and O–H groups in total. The molecule has 0 aromatic carbocycles. The summed E-state index contributed by atoms with van der Waals surface area (Å²) in [7, 11) is 0. The standard InChI is InChI=1S/C12H24N2O2.C2H4O2/c1-8-7-14(9(2)6-10(8)13)11(15)16-12(3,4)5;1-2(3)4/h8-10H,6-7,13H2,1-5H3;1H3,(H,3,4)/t8-,9+,10?;/m0./s1. The third-order valence-electron chi connectivity index (χ3n) is 2.99. The van der Waals surface area contributed by atoms with Crippen LogP contribution in [0.15, 0.2) is 0 Å². The van der Waals surface area contributed by atoms with Crippen molar-refractivity contribution in [1.29, 1.82) is 0 Å². The van der Waals surface area contributed by atoms with Gasteiger partial charge in [0.05, 0.1) is 0 Å². The Bertz CT molecular complexity index is 335. The summed E-state index contributed by atoms with van der Waals surface area (Å²) in [5.74, 6) is -0.497. The lowest BCUT2D eigenvalue weighted by molar-refractivity contribution is -0.134. The van der Waals surface area contributed by atoms with E-state index in [1.54, 1.807) is 4.90 Å². The minimum Gasteiger partial charge on any atom is -0.481 e. The SMILES string of the molecule is CC(=O)O.C[C@@H]1CC(N)[C@@H](C)CN1C(=O)OC(C)(C)C. The van der Waals surface area contributed by atoms with Gasteiger partial charge in [0.1, 0.15) is 5.60 Å². The lowest BCUT2D eigenvalue weighted by Gasteiger charge is -2.40. The van der Waals surface area contributed by atoms with Crippen molar-refractivity contribution in [2.75, 3.05) is 6.54 Å². The van der Waals surface area contributed by atoms with Crippen LogP contribution < -0.4 is 5.73 Å². The van der Waals surface area contributed by atoms with Crippen LogP contribution in [0.25, 0.3) is 0 Å². The zero-order chi connectivity index (χ0) is 16.1. The van der Waals surface area contributed by atoms with Crippen molar-refractivity contribution in [3.8, 4) is 0 Å². The zero-order valence-electron chi connectivity index (χ0n) is 13.3. The van der Waals surface area contributed by atoms with Crippen LogP contribution in [0.5, 0.6) is 0 Å². The molecular formula is C14H28N2O4. The van der Waals surface area contributed by atoms with Crippen LogP contribution in [0.2, 0.25) is 0 Å². The molecule has 6 nitrogen and oxygen atoms in total. The molecule has 0 aromatic rings. The fourth-order valence-corrected chi connectivity index (χ4v) is 1.95. The van der Waals surface area contributed by atoms with Gasteiger partial charge in [-0.05, 0) is 40.0 Å². The quantitative estimate of drug-likeness (QED) is 0.711. The number of likely N-dealkylation sites (tertiary alicyclic amines) is 1. The van der Waals surface area contributed by atoms with Crippen molar-refractivity contribution in [3.05, 3.63) is 0 Å². The highest BCUT2D eigenvalue weighted by molar-refractivity contribution is 5.68. The Morgan fingerprint density at radius 2 is 1.75 bits per heavy atom. The average molecular weight is 288 g/mol. The Kier molecular flexibility index (Phi) is 6.99. The summed E-state index contributed by atoms with van der Waals surface area (Å²) < 4.78 is 5.38. The molecule has 1 saturated heterocycles. The largest absolute Gasteiger partial charge is 0.481 e. The molecule has 0 aromatic heterocycles. The second-order valence-electron chi connectivity index (χ2n) is 6.38. The molecule has 1 amide bonds. The zero-order valence-corrected chi connectivity index (χ0v) is 13.3. The van der Waals surface area contributed by atoms with Gasteiger partial charge in [-0.1, -0.05) is 6.92 Å². The Balaban J connectivity index is 0.000000796. The first kappa shape index (κ1) is 18.7. The van der Waals surface area contributed by atoms with Crippen molar-refractivity contribution in [2.45, 2.75) is 65.6 Å². The molecule has 0 spiro atoms. The fraction of sp³-hybridized carbons (Fsp3) is 0.857. The molecule has 1 rings (SSSR count). The molecule has 20 heavy (non-hydrogen) atoms. The number of ether oxygens (including phenoxy) is 1. The molecule has 118 valence electrons. The van der Waals surface area contributed by atoms with Gasteiger partial charge in [-0.15, -0.1) is 0 Å². The summed E-state index contributed by atoms with van der Waals surface area (Å²) in [6.07, 6.45) is 0.624. The lowest BCUT2D eigenvalue weighted by Crippen LogP contribution is -2.53. The molecule has 1 aliphatic heterocycles. The number of rotatable bonds is 0. The molecule has 0 saturated carbocycles. The number of nitrogens with two attached hydrogens (primary N) is 1. The number of carbonyl (C=O) groups is 2. The van der Waals surface area contributed by atoms with Gasteiger partial charge in [-0.3, -0.25) is 4.79 Å². The third kappa shape index (κ3) is 7.33. The van der Waals surface area contributed by atoms with Crippen LogP contribution in [0.4, 0.5) is 4.79 Å². The van der Waals surface area contributed by atoms with E-state index < -0.39 is 11.6 Å². The maximum absolute atomic E-state index is 11.9. The Morgan fingerprint density at radius 3 is 2.15 bits per heavy atom. The minimum absolute atomic E-state index is 0.168. The molecule has 3 atom stereocenters. The van der Waals surface area contributed by atoms with Gasteiger partial charge < -0.3 is 20.5 Å². The van der Waals surface area contributed by atoms with Gasteiger partial charge in [0, 0.05) is 25.6 Å². The molecule has 1 heterocycles. The van der Waals surface area contributed by atoms with E-state index >= 15 is 0 Å². The van der Waals surface area contributed by atoms with Crippen molar-refractivity contribution >= 4 is 12.1 Å². The summed E-state index contributed by atoms with van der Waals surface area (Å²) in [4.78, 5) is 22.7. The molecule has 1 unspecified atom stereocenters. The van der Waals surface area contributed by atoms with E-state index in [-0.39, 0.29) is 18.2 Å². The number of hydrogen-bond acceptors (Lipinski definition) is 4. The number of aliphatic carboxylic acids is 1. The molecule has 1 aliphatic rings. The van der Waals surface area contributed by atoms with E-state index in [2.05, 4.69) is 6.92 Å². The topological polar surface area (TPSA) is 92.9 Å². The molecular weight excluding hydrogens is 260 g/mol. The summed E-state index contributed by atoms with van der Waals surface area (Å²) in [6, 6.07) is 0.356. The number of amides is 1. The van der Waals surface area contributed by atoms with Crippen LogP contribution in [0, 0.1) is 5.92 Å². The van der Waals surface area contributed by atoms with E-state index in [4.69, 9.17) is 20.4 Å². The third-order valence-corrected chi connectivity index (χ3v) is 2.99. The normalized spacial score (nSPS) is 26.4. The smallest absolute Gasteiger partial charge is 0.410 e. The lowest BCUT2D eigenvalue weighted by atomic mass is 9.90. The summed E-state index contributed by atoms with van der Waals surface area (Å²) in [5, 5.41) is 7.42. The molecule has 1 fully saturated rings. The van der Waals surface area contributed by atoms with Crippen molar-refractivity contribution < 1.29 is 19.4 Å². The Labute approximate surface area is 121 Å². The molecule has 0 radical (unpaired) electrons. The monoisotopic (exact) mass is 288 g/mol. The summed E-state index contributed by atoms with van der Waals surface area (Å²) in [6.45, 7) is 11.5. The second-order valence-corrected chi connectivity index (χ2v) is 6.38. The van der Waals surface area contributed by atoms with Crippen LogP contribution in [-0.4, -0.2) is 46.3 Å². The highest BCUT2D eigenvalue weighted by Crippen LogP contribution is 2.22. The van der Waals surface area contributed by atoms with E-state index in [1.807, 2.05) is 27.7 Å². The van der Waals surface area contributed by atoms with Crippen LogP contribution >= 0.6 is 0 Å². The number of carboxylic acid groups (broad SMARTS) is 1. The van der Waals surface area contributed by atoms with Gasteiger partial charge >= 0.3 is 6.09 Å². The first-order valence-corrected chi connectivity index (χ1v) is 6.88. The Hall–Kier alpha value is -1.30. The number of carbonyl (C=O) groups excluding carboxylic acids is 1. The summed E-state index contributed by atoms with van der Waals surface area (Å²) in [5.41, 5.74) is 5.55. The van der Waals surface area contributed by atoms with Gasteiger partial charge in [0.15, 0.2) is 0 Å². The van der Waals surface area contributed by atoms with Gasteiger partial charge in [0.25, 0.3) is 5.97 Å². The van der Waals surface area contributed by atoms with Gasteiger partial charge in [-0.2, -0.15) is 0 Å². The van der Waals surface area contributed by atoms with E-state index in [1.165, 1.54) is 0 Å². The molecule has 0 aliphatic carbocycles. The number of nitrogens with zero attached hydrogens (tertiary/aromatic N) is 1. The predicted molar refractivity (Wildman–Crippen MR) is 77.5 cm³/mol. The molecule has 6 heteroatoms. The van der Waals surface area contributed by atoms with Crippen molar-refractivity contribution in [2.24, 2.45) is 11.7 Å². The maximum Gasteiger partial charge on any atom is 0.410 e. The first-order chi connectivity index (χ1) is 8.94. The van der Waals surface area contributed by atoms with E-state index in [0.29, 0.717) is 12.5 Å². The average Bonchev–Trinajstić information content (AvgIpc) is 2.19. The van der Waals surface area contributed by atoms with Crippen LogP contribution in [-0.2, 0) is 9.53 Å². The highest BCUT2D eigenvalue weighted by atomic mass is 16.6. The van der Waals surface area contributed by atoms with Gasteiger partial charge in [-0.25, -0.2) is 4.79 Å². The Morgan fingerprint density at radius 1 is 1.30 bits per heavy atom. The fourth-order valence-electron chi connectivity index (χ4n) is 1.95. The van der Waals surface area contributed by atoms with Gasteiger partial charge in [0.2, 0.25) is 0 Å². The predicted octanol–water partition coefficient (Wildman–Crippen LogP) is 2.07. The number of hydrogen-bond donors (Lipinski definition) is 2.